The van der Waals surface area contributed by atoms with Crippen LogP contribution < -0.4 is 10.2 Å². The van der Waals surface area contributed by atoms with Gasteiger partial charge < -0.3 is 10.2 Å². The van der Waals surface area contributed by atoms with E-state index in [1.54, 1.807) is 11.8 Å². The summed E-state index contributed by atoms with van der Waals surface area (Å²) in [5, 5.41) is 3.70. The number of rotatable bonds is 7. The molecule has 0 heterocycles. The van der Waals surface area contributed by atoms with Crippen LogP contribution in [0.5, 0.6) is 0 Å². The van der Waals surface area contributed by atoms with Crippen molar-refractivity contribution in [1.82, 2.24) is 5.32 Å². The van der Waals surface area contributed by atoms with Gasteiger partial charge in [0.05, 0.1) is 13.1 Å². The van der Waals surface area contributed by atoms with Crippen molar-refractivity contribution >= 4 is 29.3 Å². The Labute approximate surface area is 153 Å². The fourth-order valence-corrected chi connectivity index (χ4v) is 3.33. The van der Waals surface area contributed by atoms with Gasteiger partial charge in [-0.25, -0.2) is 0 Å². The molecule has 0 radical (unpaired) electrons. The van der Waals surface area contributed by atoms with Gasteiger partial charge in [-0.2, -0.15) is 0 Å². The van der Waals surface area contributed by atoms with Gasteiger partial charge in [-0.3, -0.25) is 4.79 Å². The molecule has 0 bridgehead atoms. The van der Waals surface area contributed by atoms with Crippen molar-refractivity contribution in [2.75, 3.05) is 19.8 Å². The smallest absolute Gasteiger partial charge is 0.275 e. The first-order chi connectivity index (χ1) is 11.5. The molecular formula is C19H24ClN2OS+. The Morgan fingerprint density at radius 3 is 2.50 bits per heavy atom. The summed E-state index contributed by atoms with van der Waals surface area (Å²) in [4.78, 5) is 14.7. The number of amides is 1. The number of carbonyl (C=O) groups excluding carboxylic acids is 1. The number of thioether (sulfide) groups is 1. The van der Waals surface area contributed by atoms with Crippen molar-refractivity contribution in [2.24, 2.45) is 0 Å². The van der Waals surface area contributed by atoms with Gasteiger partial charge in [0.25, 0.3) is 5.91 Å². The molecule has 0 aliphatic carbocycles. The van der Waals surface area contributed by atoms with Gasteiger partial charge in [-0.05, 0) is 36.9 Å². The van der Waals surface area contributed by atoms with Crippen LogP contribution in [-0.4, -0.2) is 25.8 Å². The molecule has 24 heavy (non-hydrogen) atoms. The Morgan fingerprint density at radius 1 is 1.21 bits per heavy atom. The number of nitrogens with one attached hydrogen (secondary N) is 2. The lowest BCUT2D eigenvalue weighted by atomic mass is 10.1. The second-order valence-electron chi connectivity index (χ2n) is 5.97. The average molecular weight is 364 g/mol. The molecule has 128 valence electrons. The minimum absolute atomic E-state index is 0.0284. The van der Waals surface area contributed by atoms with Crippen LogP contribution in [0.4, 0.5) is 0 Å². The van der Waals surface area contributed by atoms with E-state index in [0.29, 0.717) is 11.6 Å². The minimum atomic E-state index is -0.0973. The Bertz CT molecular complexity index is 675. The summed E-state index contributed by atoms with van der Waals surface area (Å²) in [5.74, 6) is 0.0284. The fourth-order valence-electron chi connectivity index (χ4n) is 2.62. The molecule has 0 aliphatic heterocycles. The Balaban J connectivity index is 1.85. The molecular weight excluding hydrogens is 340 g/mol. The largest absolute Gasteiger partial charge is 0.345 e. The van der Waals surface area contributed by atoms with Crippen molar-refractivity contribution < 1.29 is 9.69 Å². The molecule has 0 aliphatic rings. The normalized spacial score (nSPS) is 13.3. The Kier molecular flexibility index (Phi) is 7.16. The van der Waals surface area contributed by atoms with E-state index in [-0.39, 0.29) is 11.9 Å². The predicted molar refractivity (Wildman–Crippen MR) is 102 cm³/mol. The minimum Gasteiger partial charge on any atom is -0.345 e. The van der Waals surface area contributed by atoms with Crippen LogP contribution in [0.1, 0.15) is 24.1 Å². The molecule has 3 nitrogen and oxygen atoms in total. The number of benzene rings is 2. The summed E-state index contributed by atoms with van der Waals surface area (Å²) in [7, 11) is 2.03. The van der Waals surface area contributed by atoms with Crippen molar-refractivity contribution in [3.63, 3.8) is 0 Å². The summed E-state index contributed by atoms with van der Waals surface area (Å²) in [6.07, 6.45) is 2.07. The first-order valence-electron chi connectivity index (χ1n) is 7.97. The second kappa shape index (κ2) is 9.11. The lowest BCUT2D eigenvalue weighted by molar-refractivity contribution is -0.885. The molecule has 1 unspecified atom stereocenters. The van der Waals surface area contributed by atoms with Crippen LogP contribution in [0.15, 0.2) is 53.4 Å². The second-order valence-corrected chi connectivity index (χ2v) is 7.26. The lowest BCUT2D eigenvalue weighted by Gasteiger charge is -2.18. The first-order valence-corrected chi connectivity index (χ1v) is 9.58. The van der Waals surface area contributed by atoms with Gasteiger partial charge in [0.15, 0.2) is 6.54 Å². The summed E-state index contributed by atoms with van der Waals surface area (Å²) in [5.41, 5.74) is 2.18. The van der Waals surface area contributed by atoms with Crippen LogP contribution in [0.2, 0.25) is 5.02 Å². The molecule has 2 N–H and O–H groups in total. The van der Waals surface area contributed by atoms with E-state index in [9.17, 15) is 4.79 Å². The molecule has 5 heteroatoms. The van der Waals surface area contributed by atoms with E-state index >= 15 is 0 Å². The maximum Gasteiger partial charge on any atom is 0.275 e. The van der Waals surface area contributed by atoms with Crippen molar-refractivity contribution in [3.8, 4) is 0 Å². The summed E-state index contributed by atoms with van der Waals surface area (Å²) < 4.78 is 0. The number of hydrogen-bond donors (Lipinski definition) is 2. The van der Waals surface area contributed by atoms with Crippen LogP contribution >= 0.6 is 23.4 Å². The lowest BCUT2D eigenvalue weighted by Crippen LogP contribution is -3.08. The van der Waals surface area contributed by atoms with E-state index in [1.165, 1.54) is 10.5 Å². The molecule has 0 spiro atoms. The van der Waals surface area contributed by atoms with E-state index < -0.39 is 0 Å². The highest BCUT2D eigenvalue weighted by Gasteiger charge is 2.15. The number of likely N-dealkylation sites (N-methyl/N-ethyl adjacent to an activating group) is 1. The molecule has 2 atom stereocenters. The van der Waals surface area contributed by atoms with E-state index in [1.807, 2.05) is 38.2 Å². The monoisotopic (exact) mass is 363 g/mol. The molecule has 2 aromatic rings. The summed E-state index contributed by atoms with van der Waals surface area (Å²) in [6.45, 7) is 3.21. The van der Waals surface area contributed by atoms with Crippen LogP contribution in [-0.2, 0) is 11.3 Å². The average Bonchev–Trinajstić information content (AvgIpc) is 2.55. The molecule has 0 fully saturated rings. The van der Waals surface area contributed by atoms with E-state index in [2.05, 4.69) is 35.8 Å². The zero-order valence-electron chi connectivity index (χ0n) is 14.3. The van der Waals surface area contributed by atoms with Gasteiger partial charge in [0.2, 0.25) is 0 Å². The standard InChI is InChI=1S/C19H23ClN2OS/c1-14(17-6-4-5-7-18(17)20)21-19(23)13-22(2)12-15-8-10-16(24-3)11-9-15/h4-11,14H,12-13H2,1-3H3,(H,21,23)/p+1/t14-/m0/s1. The third-order valence-corrected chi connectivity index (χ3v) is 4.96. The number of carbonyl (C=O) groups is 1. The van der Waals surface area contributed by atoms with Gasteiger partial charge in [0, 0.05) is 15.5 Å². The highest BCUT2D eigenvalue weighted by molar-refractivity contribution is 7.98. The molecule has 0 aromatic heterocycles. The van der Waals surface area contributed by atoms with Gasteiger partial charge in [0.1, 0.15) is 6.54 Å². The Hall–Kier alpha value is -1.49. The van der Waals surface area contributed by atoms with E-state index in [0.717, 1.165) is 17.0 Å². The molecule has 2 aromatic carbocycles. The van der Waals surface area contributed by atoms with E-state index in [4.69, 9.17) is 11.6 Å². The Morgan fingerprint density at radius 2 is 1.88 bits per heavy atom. The van der Waals surface area contributed by atoms with Crippen molar-refractivity contribution in [3.05, 3.63) is 64.7 Å². The van der Waals surface area contributed by atoms with Crippen molar-refractivity contribution in [2.45, 2.75) is 24.4 Å². The molecule has 0 saturated heterocycles. The van der Waals surface area contributed by atoms with Crippen LogP contribution in [0, 0.1) is 0 Å². The summed E-state index contributed by atoms with van der Waals surface area (Å²) in [6, 6.07) is 16.0. The topological polar surface area (TPSA) is 33.5 Å². The fraction of sp³-hybridized carbons (Fsp3) is 0.316. The number of halogens is 1. The quantitative estimate of drug-likeness (QED) is 0.741. The van der Waals surface area contributed by atoms with Crippen LogP contribution in [0.25, 0.3) is 0 Å². The van der Waals surface area contributed by atoms with Crippen molar-refractivity contribution in [1.29, 1.82) is 0 Å². The molecule has 1 amide bonds. The predicted octanol–water partition coefficient (Wildman–Crippen LogP) is 2.95. The zero-order chi connectivity index (χ0) is 17.5. The number of quaternary nitrogens is 1. The number of hydrogen-bond acceptors (Lipinski definition) is 2. The van der Waals surface area contributed by atoms with Gasteiger partial charge in [-0.1, -0.05) is 41.9 Å². The third kappa shape index (κ3) is 5.55. The summed E-state index contributed by atoms with van der Waals surface area (Å²) >= 11 is 7.91. The highest BCUT2D eigenvalue weighted by Crippen LogP contribution is 2.21. The van der Waals surface area contributed by atoms with Crippen LogP contribution in [0.3, 0.4) is 0 Å². The zero-order valence-corrected chi connectivity index (χ0v) is 15.9. The third-order valence-electron chi connectivity index (χ3n) is 3.88. The molecule has 0 saturated carbocycles. The van der Waals surface area contributed by atoms with Gasteiger partial charge in [-0.15, -0.1) is 11.8 Å². The molecule has 2 rings (SSSR count). The van der Waals surface area contributed by atoms with Gasteiger partial charge >= 0.3 is 0 Å². The SMILES string of the molecule is CSc1ccc(C[NH+](C)CC(=O)N[C@@H](C)c2ccccc2Cl)cc1. The maximum atomic E-state index is 12.3. The highest BCUT2D eigenvalue weighted by atomic mass is 35.5. The first kappa shape index (κ1) is 18.8. The maximum absolute atomic E-state index is 12.3.